The summed E-state index contributed by atoms with van der Waals surface area (Å²) < 4.78 is 20.6. The van der Waals surface area contributed by atoms with E-state index in [9.17, 15) is 9.18 Å². The van der Waals surface area contributed by atoms with Gasteiger partial charge in [0.05, 0.1) is 30.6 Å². The molecule has 5 nitrogen and oxygen atoms in total. The van der Waals surface area contributed by atoms with Crippen molar-refractivity contribution < 1.29 is 13.9 Å². The highest BCUT2D eigenvalue weighted by Gasteiger charge is 2.17. The molecular weight excluding hydrogens is 273 g/mol. The molecule has 0 saturated carbocycles. The van der Waals surface area contributed by atoms with Crippen molar-refractivity contribution in [2.24, 2.45) is 0 Å². The number of hydrogen-bond donors (Lipinski definition) is 0. The summed E-state index contributed by atoms with van der Waals surface area (Å²) in [4.78, 5) is 16.3. The summed E-state index contributed by atoms with van der Waals surface area (Å²) in [5, 5.41) is 4.07. The summed E-state index contributed by atoms with van der Waals surface area (Å²) >= 11 is 0. The van der Waals surface area contributed by atoms with Gasteiger partial charge in [0.15, 0.2) is 17.3 Å². The summed E-state index contributed by atoms with van der Waals surface area (Å²) in [5.74, 6) is -0.602. The molecule has 0 fully saturated rings. The predicted molar refractivity (Wildman–Crippen MR) is 74.0 cm³/mol. The van der Waals surface area contributed by atoms with Crippen LogP contribution in [0.15, 0.2) is 43.0 Å². The zero-order chi connectivity index (χ0) is 14.8. The summed E-state index contributed by atoms with van der Waals surface area (Å²) in [6.07, 6.45) is 6.20. The molecule has 0 amide bonds. The number of benzene rings is 1. The number of fused-ring (bicyclic) bond motifs is 1. The van der Waals surface area contributed by atoms with Gasteiger partial charge >= 0.3 is 0 Å². The maximum absolute atomic E-state index is 14.1. The summed E-state index contributed by atoms with van der Waals surface area (Å²) in [6, 6.07) is 4.74. The Hall–Kier alpha value is -2.76. The smallest absolute Gasteiger partial charge is 0.171 e. The average Bonchev–Trinajstić information content (AvgIpc) is 2.93. The lowest BCUT2D eigenvalue weighted by Gasteiger charge is -2.06. The van der Waals surface area contributed by atoms with Crippen molar-refractivity contribution in [3.8, 4) is 5.75 Å². The Kier molecular flexibility index (Phi) is 3.35. The minimum absolute atomic E-state index is 0.0563. The maximum Gasteiger partial charge on any atom is 0.171 e. The van der Waals surface area contributed by atoms with E-state index < -0.39 is 5.82 Å². The highest BCUT2D eigenvalue weighted by atomic mass is 19.1. The number of rotatable bonds is 4. The van der Waals surface area contributed by atoms with Crippen molar-refractivity contribution in [3.05, 3.63) is 59.9 Å². The third kappa shape index (κ3) is 2.35. The van der Waals surface area contributed by atoms with Crippen LogP contribution < -0.4 is 4.74 Å². The number of carbonyl (C=O) groups excluding carboxylic acids is 1. The molecule has 6 heteroatoms. The number of carbonyl (C=O) groups is 1. The first-order valence-electron chi connectivity index (χ1n) is 6.32. The first-order chi connectivity index (χ1) is 10.2. The molecule has 0 radical (unpaired) electrons. The lowest BCUT2D eigenvalue weighted by molar-refractivity contribution is 0.0993. The van der Waals surface area contributed by atoms with Crippen LogP contribution in [0.3, 0.4) is 0 Å². The highest BCUT2D eigenvalue weighted by molar-refractivity contribution is 6.03. The van der Waals surface area contributed by atoms with Crippen LogP contribution in [-0.2, 0) is 6.42 Å². The number of Topliss-reactive ketones (excluding diaryl/α,β-unsaturated/α-hetero) is 1. The Balaban J connectivity index is 1.94. The third-order valence-corrected chi connectivity index (χ3v) is 3.24. The molecular formula is C15H12FN3O2. The molecule has 2 aromatic heterocycles. The van der Waals surface area contributed by atoms with E-state index in [-0.39, 0.29) is 18.0 Å². The van der Waals surface area contributed by atoms with Crippen LogP contribution in [-0.4, -0.2) is 27.5 Å². The van der Waals surface area contributed by atoms with Crippen LogP contribution in [0.5, 0.6) is 5.75 Å². The Morgan fingerprint density at radius 1 is 1.38 bits per heavy atom. The van der Waals surface area contributed by atoms with E-state index in [1.165, 1.54) is 19.4 Å². The number of ether oxygens (including phenoxy) is 1. The molecule has 0 aliphatic heterocycles. The molecule has 0 aliphatic carbocycles. The van der Waals surface area contributed by atoms with Gasteiger partial charge in [-0.15, -0.1) is 0 Å². The largest absolute Gasteiger partial charge is 0.494 e. The van der Waals surface area contributed by atoms with E-state index in [1.54, 1.807) is 35.2 Å². The van der Waals surface area contributed by atoms with E-state index in [0.717, 1.165) is 0 Å². The van der Waals surface area contributed by atoms with Crippen molar-refractivity contribution in [3.63, 3.8) is 0 Å². The first-order valence-corrected chi connectivity index (χ1v) is 6.32. The zero-order valence-electron chi connectivity index (χ0n) is 11.3. The van der Waals surface area contributed by atoms with Crippen molar-refractivity contribution in [2.75, 3.05) is 7.11 Å². The molecule has 0 spiro atoms. The molecule has 0 aliphatic rings. The molecule has 0 N–H and O–H groups in total. The summed E-state index contributed by atoms with van der Waals surface area (Å²) in [7, 11) is 1.39. The van der Waals surface area contributed by atoms with Gasteiger partial charge in [-0.2, -0.15) is 5.10 Å². The minimum Gasteiger partial charge on any atom is -0.494 e. The monoisotopic (exact) mass is 285 g/mol. The number of ketones is 1. The molecule has 0 unspecified atom stereocenters. The average molecular weight is 285 g/mol. The molecule has 0 saturated heterocycles. The van der Waals surface area contributed by atoms with Gasteiger partial charge in [0.2, 0.25) is 0 Å². The van der Waals surface area contributed by atoms with E-state index in [2.05, 4.69) is 10.1 Å². The maximum atomic E-state index is 14.1. The fourth-order valence-corrected chi connectivity index (χ4v) is 2.17. The summed E-state index contributed by atoms with van der Waals surface area (Å²) in [6.45, 7) is 0. The molecule has 2 heterocycles. The summed E-state index contributed by atoms with van der Waals surface area (Å²) in [5.41, 5.74) is 1.32. The van der Waals surface area contributed by atoms with E-state index in [4.69, 9.17) is 4.74 Å². The second kappa shape index (κ2) is 5.32. The van der Waals surface area contributed by atoms with Gasteiger partial charge in [0.1, 0.15) is 0 Å². The van der Waals surface area contributed by atoms with E-state index in [0.29, 0.717) is 16.6 Å². The number of hydrogen-bond acceptors (Lipinski definition) is 4. The van der Waals surface area contributed by atoms with Crippen LogP contribution in [0.2, 0.25) is 0 Å². The molecule has 1 aromatic carbocycles. The number of nitrogens with zero attached hydrogens (tertiary/aromatic N) is 3. The Morgan fingerprint density at radius 2 is 2.24 bits per heavy atom. The van der Waals surface area contributed by atoms with Crippen molar-refractivity contribution >= 4 is 11.3 Å². The number of methoxy groups -OCH3 is 1. The normalized spacial score (nSPS) is 10.8. The number of halogens is 1. The lowest BCUT2D eigenvalue weighted by atomic mass is 10.0. The fourth-order valence-electron chi connectivity index (χ4n) is 2.17. The molecule has 3 aromatic rings. The molecule has 106 valence electrons. The van der Waals surface area contributed by atoms with Gasteiger partial charge in [-0.25, -0.2) is 8.91 Å². The molecule has 0 atom stereocenters. The van der Waals surface area contributed by atoms with Gasteiger partial charge in [0.25, 0.3) is 0 Å². The van der Waals surface area contributed by atoms with Crippen LogP contribution in [0, 0.1) is 5.82 Å². The standard InChI is InChI=1S/C15H12FN3O2/c1-21-14-4-2-3-10(15(14)16)7-13(20)11-8-18-19-6-5-17-9-12(11)19/h2-6,8-9H,7H2,1H3. The topological polar surface area (TPSA) is 56.5 Å². The van der Waals surface area contributed by atoms with Gasteiger partial charge in [-0.1, -0.05) is 12.1 Å². The molecule has 0 bridgehead atoms. The van der Waals surface area contributed by atoms with Gasteiger partial charge in [0, 0.05) is 18.8 Å². The fraction of sp³-hybridized carbons (Fsp3) is 0.133. The Bertz CT molecular complexity index is 814. The van der Waals surface area contributed by atoms with Crippen LogP contribution in [0.25, 0.3) is 5.52 Å². The SMILES string of the molecule is COc1cccc(CC(=O)c2cnn3ccncc23)c1F. The van der Waals surface area contributed by atoms with E-state index >= 15 is 0 Å². The van der Waals surface area contributed by atoms with Gasteiger partial charge in [-0.05, 0) is 11.6 Å². The molecule has 21 heavy (non-hydrogen) atoms. The molecule has 3 rings (SSSR count). The van der Waals surface area contributed by atoms with Crippen molar-refractivity contribution in [1.29, 1.82) is 0 Å². The second-order valence-corrected chi connectivity index (χ2v) is 4.50. The van der Waals surface area contributed by atoms with E-state index in [1.807, 2.05) is 0 Å². The van der Waals surface area contributed by atoms with Crippen LogP contribution in [0.4, 0.5) is 4.39 Å². The quantitative estimate of drug-likeness (QED) is 0.690. The second-order valence-electron chi connectivity index (χ2n) is 4.50. The van der Waals surface area contributed by atoms with Crippen molar-refractivity contribution in [2.45, 2.75) is 6.42 Å². The van der Waals surface area contributed by atoms with Crippen LogP contribution in [0.1, 0.15) is 15.9 Å². The minimum atomic E-state index is -0.511. The predicted octanol–water partition coefficient (Wildman–Crippen LogP) is 2.30. The highest BCUT2D eigenvalue weighted by Crippen LogP contribution is 2.22. The van der Waals surface area contributed by atoms with Crippen molar-refractivity contribution in [1.82, 2.24) is 14.6 Å². The zero-order valence-corrected chi connectivity index (χ0v) is 11.3. The lowest BCUT2D eigenvalue weighted by Crippen LogP contribution is -2.06. The third-order valence-electron chi connectivity index (χ3n) is 3.24. The van der Waals surface area contributed by atoms with Crippen LogP contribution >= 0.6 is 0 Å². The Labute approximate surface area is 120 Å². The Morgan fingerprint density at radius 3 is 3.05 bits per heavy atom. The number of aromatic nitrogens is 3. The van der Waals surface area contributed by atoms with Gasteiger partial charge in [-0.3, -0.25) is 9.78 Å². The first kappa shape index (κ1) is 13.2. The van der Waals surface area contributed by atoms with Gasteiger partial charge < -0.3 is 4.74 Å².